The van der Waals surface area contributed by atoms with Crippen molar-refractivity contribution < 1.29 is 4.79 Å². The van der Waals surface area contributed by atoms with Crippen molar-refractivity contribution in [1.29, 1.82) is 5.26 Å². The summed E-state index contributed by atoms with van der Waals surface area (Å²) in [5.74, 6) is 1.20. The summed E-state index contributed by atoms with van der Waals surface area (Å²) in [5, 5.41) is 10.3. The Morgan fingerprint density at radius 2 is 1.71 bits per heavy atom. The Labute approximate surface area is 267 Å². The van der Waals surface area contributed by atoms with Crippen molar-refractivity contribution in [3.63, 3.8) is 0 Å². The number of benzene rings is 3. The molecule has 0 amide bonds. The topological polar surface area (TPSA) is 52.3 Å². The molecule has 0 spiro atoms. The summed E-state index contributed by atoms with van der Waals surface area (Å²) in [7, 11) is 0. The Balaban J connectivity index is 0.865. The molecule has 1 atom stereocenters. The maximum Gasteiger partial charge on any atom is 0.166 e. The summed E-state index contributed by atoms with van der Waals surface area (Å²) < 4.78 is 2.31. The number of carbonyl (C=O) groups excluding carboxylic acids is 1. The van der Waals surface area contributed by atoms with Crippen LogP contribution in [0, 0.1) is 23.2 Å². The number of aromatic nitrogens is 1. The van der Waals surface area contributed by atoms with Gasteiger partial charge in [-0.2, -0.15) is 5.26 Å². The highest BCUT2D eigenvalue weighted by Gasteiger charge is 2.33. The van der Waals surface area contributed by atoms with Crippen LogP contribution < -0.4 is 0 Å². The predicted molar refractivity (Wildman–Crippen MR) is 182 cm³/mol. The lowest BCUT2D eigenvalue weighted by atomic mass is 9.85. The molecule has 3 aliphatic rings. The number of hydrogen-bond acceptors (Lipinski definition) is 4. The monoisotopic (exact) mass is 596 g/mol. The third-order valence-corrected chi connectivity index (χ3v) is 10.5. The Kier molecular flexibility index (Phi) is 8.96. The van der Waals surface area contributed by atoms with Crippen molar-refractivity contribution in [2.75, 3.05) is 32.7 Å². The number of likely N-dealkylation sites (tertiary alicyclic amines) is 1. The number of nitrogens with zero attached hydrogens (tertiary/aromatic N) is 4. The summed E-state index contributed by atoms with van der Waals surface area (Å²) in [6, 6.07) is 27.7. The molecule has 230 valence electrons. The van der Waals surface area contributed by atoms with Gasteiger partial charge >= 0.3 is 0 Å². The number of aryl methyl sites for hydroxylation is 1. The molecule has 1 saturated heterocycles. The molecular weight excluding hydrogens is 552 g/mol. The number of piperidine rings is 1. The van der Waals surface area contributed by atoms with E-state index < -0.39 is 0 Å². The third kappa shape index (κ3) is 6.83. The number of fused-ring (bicyclic) bond motifs is 2. The van der Waals surface area contributed by atoms with Crippen LogP contribution in [0.1, 0.15) is 71.1 Å². The second kappa shape index (κ2) is 13.6. The molecule has 3 aromatic carbocycles. The van der Waals surface area contributed by atoms with Gasteiger partial charge in [0, 0.05) is 54.8 Å². The lowest BCUT2D eigenvalue weighted by Gasteiger charge is -2.33. The summed E-state index contributed by atoms with van der Waals surface area (Å²) in [5.41, 5.74) is 8.32. The average molecular weight is 597 g/mol. The zero-order chi connectivity index (χ0) is 30.6. The van der Waals surface area contributed by atoms with Crippen LogP contribution in [0.3, 0.4) is 0 Å². The number of hydrogen-bond donors (Lipinski definition) is 0. The minimum absolute atomic E-state index is 0.163. The van der Waals surface area contributed by atoms with Crippen LogP contribution in [0.5, 0.6) is 0 Å². The van der Waals surface area contributed by atoms with Crippen molar-refractivity contribution in [1.82, 2.24) is 14.4 Å². The van der Waals surface area contributed by atoms with Gasteiger partial charge in [-0.05, 0) is 117 Å². The third-order valence-electron chi connectivity index (χ3n) is 10.5. The van der Waals surface area contributed by atoms with Crippen LogP contribution in [-0.2, 0) is 19.5 Å². The van der Waals surface area contributed by atoms with E-state index in [0.29, 0.717) is 11.7 Å². The molecule has 1 aromatic heterocycles. The zero-order valence-electron chi connectivity index (χ0n) is 26.3. The lowest BCUT2D eigenvalue weighted by molar-refractivity contribution is 0.0895. The SMILES string of the molecule is N#Cc1ccc2c(ccn2CCCCN2CC=C(c3ccc4c(c3)CC(CC3CCN(Cc5ccccc5)CC3)C4=O)CC2)c1. The van der Waals surface area contributed by atoms with Crippen molar-refractivity contribution in [3.8, 4) is 6.07 Å². The van der Waals surface area contributed by atoms with Gasteiger partial charge in [-0.1, -0.05) is 54.6 Å². The Bertz CT molecular complexity index is 1720. The molecule has 0 bridgehead atoms. The van der Waals surface area contributed by atoms with Gasteiger partial charge in [0.1, 0.15) is 0 Å². The highest BCUT2D eigenvalue weighted by Crippen LogP contribution is 2.36. The maximum absolute atomic E-state index is 13.4. The van der Waals surface area contributed by atoms with E-state index in [2.05, 4.69) is 93.4 Å². The van der Waals surface area contributed by atoms with Crippen LogP contribution in [0.4, 0.5) is 0 Å². The van der Waals surface area contributed by atoms with E-state index in [1.54, 1.807) is 0 Å². The first-order valence-electron chi connectivity index (χ1n) is 17.0. The minimum atomic E-state index is 0.163. The predicted octanol–water partition coefficient (Wildman–Crippen LogP) is 7.74. The van der Waals surface area contributed by atoms with Gasteiger partial charge in [0.15, 0.2) is 5.78 Å². The fourth-order valence-electron chi connectivity index (χ4n) is 7.85. The smallest absolute Gasteiger partial charge is 0.166 e. The number of carbonyl (C=O) groups is 1. The molecular formula is C40H44N4O. The van der Waals surface area contributed by atoms with Crippen molar-refractivity contribution in [2.24, 2.45) is 11.8 Å². The summed E-state index contributed by atoms with van der Waals surface area (Å²) in [4.78, 5) is 18.5. The molecule has 3 heterocycles. The first-order chi connectivity index (χ1) is 22.1. The van der Waals surface area contributed by atoms with E-state index in [9.17, 15) is 4.79 Å². The first kappa shape index (κ1) is 29.7. The standard InChI is InChI=1S/C40H44N4O/c41-28-32-8-11-39-35(25-32)16-23-44(39)18-5-4-17-42-21-14-33(15-22-42)34-9-10-38-36(26-34)27-37(40(38)45)24-30-12-19-43(20-13-30)29-31-6-2-1-3-7-31/h1-3,6-11,14,16,23,25-26,30,37H,4-5,12-13,15,17-22,24,27,29H2. The van der Waals surface area contributed by atoms with E-state index >= 15 is 0 Å². The number of Topliss-reactive ketones (excluding diaryl/α,β-unsaturated/α-hetero) is 1. The van der Waals surface area contributed by atoms with E-state index in [4.69, 9.17) is 5.26 Å². The van der Waals surface area contributed by atoms with E-state index in [1.807, 2.05) is 12.1 Å². The molecule has 7 rings (SSSR count). The summed E-state index contributed by atoms with van der Waals surface area (Å²) in [6.45, 7) is 7.53. The molecule has 1 fully saturated rings. The van der Waals surface area contributed by atoms with Crippen LogP contribution in [0.15, 0.2) is 85.1 Å². The van der Waals surface area contributed by atoms with Gasteiger partial charge < -0.3 is 4.57 Å². The van der Waals surface area contributed by atoms with Crippen LogP contribution in [-0.4, -0.2) is 52.9 Å². The van der Waals surface area contributed by atoms with Gasteiger partial charge in [-0.3, -0.25) is 14.6 Å². The van der Waals surface area contributed by atoms with Crippen LogP contribution in [0.2, 0.25) is 0 Å². The Morgan fingerprint density at radius 3 is 2.51 bits per heavy atom. The molecule has 0 N–H and O–H groups in total. The largest absolute Gasteiger partial charge is 0.347 e. The van der Waals surface area contributed by atoms with E-state index in [-0.39, 0.29) is 5.92 Å². The number of unbranched alkanes of at least 4 members (excludes halogenated alkanes) is 1. The Morgan fingerprint density at radius 1 is 0.867 bits per heavy atom. The van der Waals surface area contributed by atoms with Gasteiger partial charge in [0.25, 0.3) is 0 Å². The molecule has 1 unspecified atom stereocenters. The van der Waals surface area contributed by atoms with Gasteiger partial charge in [-0.25, -0.2) is 0 Å². The molecule has 2 aliphatic heterocycles. The van der Waals surface area contributed by atoms with Gasteiger partial charge in [-0.15, -0.1) is 0 Å². The summed E-state index contributed by atoms with van der Waals surface area (Å²) in [6.07, 6.45) is 12.3. The van der Waals surface area contributed by atoms with Crippen molar-refractivity contribution in [3.05, 3.63) is 113 Å². The van der Waals surface area contributed by atoms with E-state index in [0.717, 1.165) is 88.0 Å². The molecule has 45 heavy (non-hydrogen) atoms. The highest BCUT2D eigenvalue weighted by molar-refractivity contribution is 6.02. The fraction of sp³-hybridized carbons (Fsp3) is 0.400. The number of rotatable bonds is 10. The molecule has 5 heteroatoms. The number of ketones is 1. The second-order valence-corrected chi connectivity index (χ2v) is 13.5. The average Bonchev–Trinajstić information content (AvgIpc) is 3.63. The maximum atomic E-state index is 13.4. The summed E-state index contributed by atoms with van der Waals surface area (Å²) >= 11 is 0. The van der Waals surface area contributed by atoms with Crippen LogP contribution in [0.25, 0.3) is 16.5 Å². The number of nitriles is 1. The lowest BCUT2D eigenvalue weighted by Crippen LogP contribution is -2.34. The minimum Gasteiger partial charge on any atom is -0.347 e. The quantitative estimate of drug-likeness (QED) is 0.176. The van der Waals surface area contributed by atoms with Crippen molar-refractivity contribution in [2.45, 2.75) is 58.0 Å². The Hall–Kier alpha value is -3.98. The molecule has 0 radical (unpaired) electrons. The normalized spacial score (nSPS) is 19.5. The van der Waals surface area contributed by atoms with Gasteiger partial charge in [0.05, 0.1) is 11.6 Å². The molecule has 0 saturated carbocycles. The molecule has 1 aliphatic carbocycles. The van der Waals surface area contributed by atoms with Crippen LogP contribution >= 0.6 is 0 Å². The van der Waals surface area contributed by atoms with Gasteiger partial charge in [0.2, 0.25) is 0 Å². The molecule has 5 nitrogen and oxygen atoms in total. The van der Waals surface area contributed by atoms with E-state index in [1.165, 1.54) is 47.0 Å². The zero-order valence-corrected chi connectivity index (χ0v) is 26.3. The van der Waals surface area contributed by atoms with Crippen molar-refractivity contribution >= 4 is 22.3 Å². The second-order valence-electron chi connectivity index (χ2n) is 13.5. The fourth-order valence-corrected chi connectivity index (χ4v) is 7.85. The molecule has 4 aromatic rings. The first-order valence-corrected chi connectivity index (χ1v) is 17.0. The highest BCUT2D eigenvalue weighted by atomic mass is 16.1.